The molecule has 0 spiro atoms. The van der Waals surface area contributed by atoms with Gasteiger partial charge in [0.25, 0.3) is 0 Å². The zero-order valence-electron chi connectivity index (χ0n) is 18.9. The SMILES string of the molecule is C\C=C(CCC)/C(/C=C/c1c2ccccc2cc[n+]1CCCO)=C1/C=CC=CC1=NC. The molecule has 1 heterocycles. The van der Waals surface area contributed by atoms with Gasteiger partial charge in [0.2, 0.25) is 5.69 Å². The van der Waals surface area contributed by atoms with Crippen molar-refractivity contribution in [1.82, 2.24) is 0 Å². The van der Waals surface area contributed by atoms with Crippen molar-refractivity contribution in [3.63, 3.8) is 0 Å². The van der Waals surface area contributed by atoms with Gasteiger partial charge >= 0.3 is 0 Å². The molecule has 0 unspecified atom stereocenters. The molecule has 1 N–H and O–H groups in total. The minimum Gasteiger partial charge on any atom is -0.396 e. The molecule has 1 aromatic carbocycles. The Hall–Kier alpha value is -3.04. The number of aromatic nitrogens is 1. The maximum atomic E-state index is 9.37. The van der Waals surface area contributed by atoms with Crippen molar-refractivity contribution < 1.29 is 9.67 Å². The lowest BCUT2D eigenvalue weighted by atomic mass is 9.91. The molecule has 0 fully saturated rings. The molecule has 2 aromatic rings. The van der Waals surface area contributed by atoms with Crippen molar-refractivity contribution in [2.24, 2.45) is 4.99 Å². The Kier molecular flexibility index (Phi) is 8.31. The normalized spacial score (nSPS) is 17.3. The van der Waals surface area contributed by atoms with Crippen LogP contribution in [-0.4, -0.2) is 24.5 Å². The quantitative estimate of drug-likeness (QED) is 0.549. The van der Waals surface area contributed by atoms with Crippen LogP contribution >= 0.6 is 0 Å². The highest BCUT2D eigenvalue weighted by Crippen LogP contribution is 2.26. The third-order valence-electron chi connectivity index (χ3n) is 5.59. The predicted octanol–water partition coefficient (Wildman–Crippen LogP) is 5.76. The average Bonchev–Trinajstić information content (AvgIpc) is 2.82. The molecule has 0 atom stereocenters. The van der Waals surface area contributed by atoms with E-state index >= 15 is 0 Å². The molecule has 31 heavy (non-hydrogen) atoms. The Bertz CT molecular complexity index is 1100. The van der Waals surface area contributed by atoms with Crippen LogP contribution in [0.2, 0.25) is 0 Å². The molecule has 160 valence electrons. The Morgan fingerprint density at radius 2 is 1.94 bits per heavy atom. The molecule has 3 heteroatoms. The van der Waals surface area contributed by atoms with Gasteiger partial charge in [0, 0.05) is 37.8 Å². The first-order chi connectivity index (χ1) is 15.2. The second-order valence-corrected chi connectivity index (χ2v) is 7.61. The van der Waals surface area contributed by atoms with E-state index in [1.165, 1.54) is 21.9 Å². The Morgan fingerprint density at radius 1 is 1.13 bits per heavy atom. The van der Waals surface area contributed by atoms with E-state index in [1.54, 1.807) is 0 Å². The lowest BCUT2D eigenvalue weighted by Crippen LogP contribution is -2.37. The molecular formula is C28H33N2O+. The number of benzene rings is 1. The summed E-state index contributed by atoms with van der Waals surface area (Å²) in [6, 6.07) is 10.6. The van der Waals surface area contributed by atoms with Crippen LogP contribution in [-0.2, 0) is 6.54 Å². The monoisotopic (exact) mass is 413 g/mol. The highest BCUT2D eigenvalue weighted by Gasteiger charge is 2.15. The molecule has 0 saturated carbocycles. The summed E-state index contributed by atoms with van der Waals surface area (Å²) in [6.45, 7) is 5.30. The molecular weight excluding hydrogens is 380 g/mol. The Balaban J connectivity index is 2.18. The number of aryl methyl sites for hydroxylation is 1. The van der Waals surface area contributed by atoms with Crippen LogP contribution in [0.1, 0.15) is 38.8 Å². The molecule has 0 radical (unpaired) electrons. The fourth-order valence-corrected chi connectivity index (χ4v) is 4.03. The first kappa shape index (κ1) is 22.6. The van der Waals surface area contributed by atoms with Crippen molar-refractivity contribution in [3.05, 3.63) is 95.4 Å². The summed E-state index contributed by atoms with van der Waals surface area (Å²) in [5, 5.41) is 11.8. The second kappa shape index (κ2) is 11.4. The van der Waals surface area contributed by atoms with Gasteiger partial charge in [-0.05, 0) is 48.1 Å². The van der Waals surface area contributed by atoms with E-state index in [9.17, 15) is 5.11 Å². The highest BCUT2D eigenvalue weighted by atomic mass is 16.3. The standard InChI is InChI=1S/C28H33N2O/c1-4-11-22(5-2)24(26-14-8-9-15-27(26)29-3)16-17-28-25-13-7-6-12-23(25)18-20-30(28)19-10-21-31/h5-9,12-18,20,31H,4,10-11,19,21H2,1-3H3/q+1/b17-16+,22-5-,26-24-,29-27?. The number of allylic oxidation sites excluding steroid dienone is 9. The molecule has 0 bridgehead atoms. The van der Waals surface area contributed by atoms with E-state index in [-0.39, 0.29) is 6.61 Å². The number of pyridine rings is 1. The predicted molar refractivity (Wildman–Crippen MR) is 132 cm³/mol. The van der Waals surface area contributed by atoms with E-state index in [2.05, 4.69) is 96.4 Å². The van der Waals surface area contributed by atoms with Gasteiger partial charge < -0.3 is 5.11 Å². The van der Waals surface area contributed by atoms with Gasteiger partial charge in [-0.15, -0.1) is 0 Å². The number of aliphatic hydroxyl groups excluding tert-OH is 1. The lowest BCUT2D eigenvalue weighted by molar-refractivity contribution is -0.697. The van der Waals surface area contributed by atoms with Crippen LogP contribution in [0.15, 0.2) is 94.7 Å². The van der Waals surface area contributed by atoms with E-state index < -0.39 is 0 Å². The van der Waals surface area contributed by atoms with Gasteiger partial charge in [0.15, 0.2) is 12.7 Å². The van der Waals surface area contributed by atoms with Crippen LogP contribution < -0.4 is 4.57 Å². The summed E-state index contributed by atoms with van der Waals surface area (Å²) in [5.41, 5.74) is 5.86. The summed E-state index contributed by atoms with van der Waals surface area (Å²) in [5.74, 6) is 0. The van der Waals surface area contributed by atoms with E-state index in [4.69, 9.17) is 0 Å². The fourth-order valence-electron chi connectivity index (χ4n) is 4.03. The topological polar surface area (TPSA) is 36.5 Å². The minimum absolute atomic E-state index is 0.185. The molecule has 1 aromatic heterocycles. The Morgan fingerprint density at radius 3 is 2.68 bits per heavy atom. The van der Waals surface area contributed by atoms with Crippen LogP contribution in [0, 0.1) is 0 Å². The van der Waals surface area contributed by atoms with Gasteiger partial charge in [-0.2, -0.15) is 4.57 Å². The van der Waals surface area contributed by atoms with E-state index in [0.717, 1.165) is 42.8 Å². The number of hydrogen-bond donors (Lipinski definition) is 1. The van der Waals surface area contributed by atoms with Crippen molar-refractivity contribution in [2.45, 2.75) is 39.7 Å². The number of aliphatic imine (C=N–C) groups is 1. The van der Waals surface area contributed by atoms with E-state index in [1.807, 2.05) is 13.1 Å². The van der Waals surface area contributed by atoms with Crippen LogP contribution in [0.4, 0.5) is 0 Å². The van der Waals surface area contributed by atoms with Crippen molar-refractivity contribution in [1.29, 1.82) is 0 Å². The van der Waals surface area contributed by atoms with E-state index in [0.29, 0.717) is 0 Å². The van der Waals surface area contributed by atoms with Crippen molar-refractivity contribution >= 4 is 22.6 Å². The summed E-state index contributed by atoms with van der Waals surface area (Å²) in [4.78, 5) is 4.52. The van der Waals surface area contributed by atoms with Crippen molar-refractivity contribution in [3.8, 4) is 0 Å². The van der Waals surface area contributed by atoms with Gasteiger partial charge in [0.1, 0.15) is 0 Å². The maximum absolute atomic E-state index is 9.37. The van der Waals surface area contributed by atoms with Gasteiger partial charge in [-0.25, -0.2) is 0 Å². The average molecular weight is 414 g/mol. The van der Waals surface area contributed by atoms with Gasteiger partial charge in [0.05, 0.1) is 11.1 Å². The third-order valence-corrected chi connectivity index (χ3v) is 5.59. The smallest absolute Gasteiger partial charge is 0.213 e. The molecule has 0 saturated heterocycles. The lowest BCUT2D eigenvalue weighted by Gasteiger charge is -2.15. The zero-order chi connectivity index (χ0) is 22.1. The second-order valence-electron chi connectivity index (χ2n) is 7.61. The number of rotatable bonds is 8. The number of aliphatic hydroxyl groups is 1. The molecule has 3 nitrogen and oxygen atoms in total. The highest BCUT2D eigenvalue weighted by molar-refractivity contribution is 6.12. The van der Waals surface area contributed by atoms with Gasteiger partial charge in [-0.3, -0.25) is 4.99 Å². The summed E-state index contributed by atoms with van der Waals surface area (Å²) < 4.78 is 2.23. The first-order valence-electron chi connectivity index (χ1n) is 11.1. The summed E-state index contributed by atoms with van der Waals surface area (Å²) >= 11 is 0. The maximum Gasteiger partial charge on any atom is 0.213 e. The zero-order valence-corrected chi connectivity index (χ0v) is 18.9. The van der Waals surface area contributed by atoms with Gasteiger partial charge in [-0.1, -0.05) is 55.8 Å². The molecule has 1 aliphatic rings. The van der Waals surface area contributed by atoms with Crippen LogP contribution in [0.3, 0.4) is 0 Å². The molecule has 1 aliphatic carbocycles. The first-order valence-corrected chi connectivity index (χ1v) is 11.1. The molecule has 3 rings (SSSR count). The Labute approximate surface area is 186 Å². The molecule has 0 aliphatic heterocycles. The third kappa shape index (κ3) is 5.36. The largest absolute Gasteiger partial charge is 0.396 e. The van der Waals surface area contributed by atoms with Crippen LogP contribution in [0.5, 0.6) is 0 Å². The number of hydrogen-bond acceptors (Lipinski definition) is 2. The minimum atomic E-state index is 0.185. The molecule has 0 amide bonds. The number of nitrogens with zero attached hydrogens (tertiary/aromatic N) is 2. The summed E-state index contributed by atoms with van der Waals surface area (Å²) in [6.07, 6.45) is 20.0. The fraction of sp³-hybridized carbons (Fsp3) is 0.286. The van der Waals surface area contributed by atoms with Crippen LogP contribution in [0.25, 0.3) is 16.8 Å². The number of fused-ring (bicyclic) bond motifs is 1. The summed E-state index contributed by atoms with van der Waals surface area (Å²) in [7, 11) is 1.85. The van der Waals surface area contributed by atoms with Crippen molar-refractivity contribution in [2.75, 3.05) is 13.7 Å².